The topological polar surface area (TPSA) is 35.5 Å². The molecule has 0 spiro atoms. The molecule has 2 atom stereocenters. The molecule has 21 heavy (non-hydrogen) atoms. The molecule has 0 bridgehead atoms. The van der Waals surface area contributed by atoms with Crippen molar-refractivity contribution in [1.82, 2.24) is 10.2 Å². The fraction of sp³-hybridized carbons (Fsp3) is 0.333. The fourth-order valence-electron chi connectivity index (χ4n) is 3.22. The summed E-state index contributed by atoms with van der Waals surface area (Å²) in [5.74, 6) is 0. The van der Waals surface area contributed by atoms with Crippen molar-refractivity contribution in [2.24, 2.45) is 0 Å². The summed E-state index contributed by atoms with van der Waals surface area (Å²) in [5.41, 5.74) is 2.60. The molecule has 1 aliphatic rings. The SMILES string of the molecule is OCCN1CCNC(c2ccccc2)C1c1ccccc1. The minimum atomic E-state index is 0.199. The molecule has 0 radical (unpaired) electrons. The Hall–Kier alpha value is -1.68. The molecule has 3 heteroatoms. The van der Waals surface area contributed by atoms with Gasteiger partial charge in [-0.25, -0.2) is 0 Å². The number of nitrogens with one attached hydrogen (secondary N) is 1. The molecule has 3 nitrogen and oxygen atoms in total. The highest BCUT2D eigenvalue weighted by Gasteiger charge is 2.32. The predicted molar refractivity (Wildman–Crippen MR) is 85.0 cm³/mol. The minimum absolute atomic E-state index is 0.199. The van der Waals surface area contributed by atoms with E-state index >= 15 is 0 Å². The standard InChI is InChI=1S/C18H22N2O/c21-14-13-20-12-11-19-17(15-7-3-1-4-8-15)18(20)16-9-5-2-6-10-16/h1-10,17-19,21H,11-14H2. The molecule has 2 aromatic carbocycles. The van der Waals surface area contributed by atoms with Crippen molar-refractivity contribution in [1.29, 1.82) is 0 Å². The van der Waals surface area contributed by atoms with Crippen molar-refractivity contribution >= 4 is 0 Å². The van der Waals surface area contributed by atoms with Gasteiger partial charge in [0.25, 0.3) is 0 Å². The maximum atomic E-state index is 9.38. The Labute approximate surface area is 126 Å². The highest BCUT2D eigenvalue weighted by Crippen LogP contribution is 2.35. The number of rotatable bonds is 4. The Morgan fingerprint density at radius 1 is 0.952 bits per heavy atom. The molecule has 2 N–H and O–H groups in total. The number of benzene rings is 2. The van der Waals surface area contributed by atoms with Crippen molar-refractivity contribution in [2.45, 2.75) is 12.1 Å². The van der Waals surface area contributed by atoms with Crippen LogP contribution >= 0.6 is 0 Å². The van der Waals surface area contributed by atoms with Gasteiger partial charge in [-0.1, -0.05) is 60.7 Å². The zero-order valence-electron chi connectivity index (χ0n) is 12.2. The third-order valence-corrected chi connectivity index (χ3v) is 4.16. The number of nitrogens with zero attached hydrogens (tertiary/aromatic N) is 1. The van der Waals surface area contributed by atoms with Crippen LogP contribution in [0.1, 0.15) is 23.2 Å². The lowest BCUT2D eigenvalue weighted by atomic mass is 9.90. The summed E-state index contributed by atoms with van der Waals surface area (Å²) in [6, 6.07) is 21.7. The van der Waals surface area contributed by atoms with E-state index < -0.39 is 0 Å². The number of hydrogen-bond donors (Lipinski definition) is 2. The molecule has 1 saturated heterocycles. The van der Waals surface area contributed by atoms with Crippen LogP contribution in [0.4, 0.5) is 0 Å². The first-order valence-electron chi connectivity index (χ1n) is 7.58. The Morgan fingerprint density at radius 3 is 2.19 bits per heavy atom. The number of piperazine rings is 1. The Morgan fingerprint density at radius 2 is 1.57 bits per heavy atom. The van der Waals surface area contributed by atoms with E-state index in [4.69, 9.17) is 0 Å². The molecule has 0 aromatic heterocycles. The first-order chi connectivity index (χ1) is 10.4. The number of β-amino-alcohol motifs (C(OH)–C–C–N with tert-alkyl or cyclic N) is 1. The molecular formula is C18H22N2O. The molecule has 3 rings (SSSR count). The minimum Gasteiger partial charge on any atom is -0.395 e. The second-order valence-corrected chi connectivity index (χ2v) is 5.46. The fourth-order valence-corrected chi connectivity index (χ4v) is 3.22. The van der Waals surface area contributed by atoms with Gasteiger partial charge < -0.3 is 10.4 Å². The summed E-state index contributed by atoms with van der Waals surface area (Å²) in [6.07, 6.45) is 0. The summed E-state index contributed by atoms with van der Waals surface area (Å²) in [6.45, 7) is 2.82. The van der Waals surface area contributed by atoms with Gasteiger partial charge in [0.1, 0.15) is 0 Å². The van der Waals surface area contributed by atoms with E-state index in [1.807, 2.05) is 6.07 Å². The number of hydrogen-bond acceptors (Lipinski definition) is 3. The van der Waals surface area contributed by atoms with Crippen molar-refractivity contribution in [3.05, 3.63) is 71.8 Å². The summed E-state index contributed by atoms with van der Waals surface area (Å²) in [7, 11) is 0. The Bertz CT molecular complexity index is 542. The second-order valence-electron chi connectivity index (χ2n) is 5.46. The van der Waals surface area contributed by atoms with E-state index in [0.29, 0.717) is 6.54 Å². The first kappa shape index (κ1) is 14.3. The van der Waals surface area contributed by atoms with Gasteiger partial charge in [0.05, 0.1) is 18.7 Å². The summed E-state index contributed by atoms with van der Waals surface area (Å²) < 4.78 is 0. The molecule has 2 aromatic rings. The molecule has 0 saturated carbocycles. The lowest BCUT2D eigenvalue weighted by molar-refractivity contribution is 0.0946. The van der Waals surface area contributed by atoms with Crippen LogP contribution in [-0.4, -0.2) is 36.2 Å². The zero-order chi connectivity index (χ0) is 14.5. The van der Waals surface area contributed by atoms with Crippen LogP contribution < -0.4 is 5.32 Å². The molecular weight excluding hydrogens is 260 g/mol. The van der Waals surface area contributed by atoms with Gasteiger partial charge in [-0.15, -0.1) is 0 Å². The quantitative estimate of drug-likeness (QED) is 0.903. The van der Waals surface area contributed by atoms with Crippen molar-refractivity contribution in [3.8, 4) is 0 Å². The monoisotopic (exact) mass is 282 g/mol. The van der Waals surface area contributed by atoms with Crippen LogP contribution in [0.25, 0.3) is 0 Å². The summed E-state index contributed by atoms with van der Waals surface area (Å²) >= 11 is 0. The molecule has 1 fully saturated rings. The average Bonchev–Trinajstić information content (AvgIpc) is 2.56. The van der Waals surface area contributed by atoms with Crippen molar-refractivity contribution in [3.63, 3.8) is 0 Å². The third kappa shape index (κ3) is 3.16. The molecule has 1 aliphatic heterocycles. The first-order valence-corrected chi connectivity index (χ1v) is 7.58. The maximum Gasteiger partial charge on any atom is 0.0558 e. The van der Waals surface area contributed by atoms with Gasteiger partial charge >= 0.3 is 0 Å². The molecule has 0 amide bonds. The third-order valence-electron chi connectivity index (χ3n) is 4.16. The van der Waals surface area contributed by atoms with Gasteiger partial charge in [0.2, 0.25) is 0 Å². The number of aliphatic hydroxyl groups excluding tert-OH is 1. The van der Waals surface area contributed by atoms with Gasteiger partial charge in [-0.05, 0) is 11.1 Å². The van der Waals surface area contributed by atoms with E-state index in [1.54, 1.807) is 0 Å². The molecule has 110 valence electrons. The zero-order valence-corrected chi connectivity index (χ0v) is 12.2. The highest BCUT2D eigenvalue weighted by molar-refractivity contribution is 5.28. The molecule has 0 aliphatic carbocycles. The van der Waals surface area contributed by atoms with Crippen LogP contribution in [0.2, 0.25) is 0 Å². The highest BCUT2D eigenvalue weighted by atomic mass is 16.3. The molecule has 2 unspecified atom stereocenters. The Balaban J connectivity index is 1.96. The maximum absolute atomic E-state index is 9.38. The van der Waals surface area contributed by atoms with Crippen molar-refractivity contribution < 1.29 is 5.11 Å². The predicted octanol–water partition coefficient (Wildman–Crippen LogP) is 2.37. The lowest BCUT2D eigenvalue weighted by Crippen LogP contribution is -2.48. The van der Waals surface area contributed by atoms with E-state index in [0.717, 1.165) is 13.1 Å². The largest absolute Gasteiger partial charge is 0.395 e. The average molecular weight is 282 g/mol. The van der Waals surface area contributed by atoms with Crippen LogP contribution in [0, 0.1) is 0 Å². The van der Waals surface area contributed by atoms with E-state index in [9.17, 15) is 5.11 Å². The molecule has 1 heterocycles. The van der Waals surface area contributed by atoms with Gasteiger partial charge in [-0.2, -0.15) is 0 Å². The Kier molecular flexibility index (Phi) is 4.65. The van der Waals surface area contributed by atoms with Gasteiger partial charge in [0.15, 0.2) is 0 Å². The van der Waals surface area contributed by atoms with Gasteiger partial charge in [0, 0.05) is 19.6 Å². The summed E-state index contributed by atoms with van der Waals surface area (Å²) in [5, 5.41) is 13.0. The van der Waals surface area contributed by atoms with Crippen LogP contribution in [-0.2, 0) is 0 Å². The lowest BCUT2D eigenvalue weighted by Gasteiger charge is -2.42. The van der Waals surface area contributed by atoms with Gasteiger partial charge in [-0.3, -0.25) is 4.90 Å². The van der Waals surface area contributed by atoms with E-state index in [2.05, 4.69) is 64.8 Å². The normalized spacial score (nSPS) is 23.1. The number of aliphatic hydroxyl groups is 1. The van der Waals surface area contributed by atoms with E-state index in [-0.39, 0.29) is 18.7 Å². The van der Waals surface area contributed by atoms with Crippen LogP contribution in [0.5, 0.6) is 0 Å². The van der Waals surface area contributed by atoms with Crippen molar-refractivity contribution in [2.75, 3.05) is 26.2 Å². The summed E-state index contributed by atoms with van der Waals surface area (Å²) in [4.78, 5) is 2.38. The smallest absolute Gasteiger partial charge is 0.0558 e. The second kappa shape index (κ2) is 6.85. The van der Waals surface area contributed by atoms with Crippen LogP contribution in [0.15, 0.2) is 60.7 Å². The van der Waals surface area contributed by atoms with E-state index in [1.165, 1.54) is 11.1 Å². The van der Waals surface area contributed by atoms with Crippen LogP contribution in [0.3, 0.4) is 0 Å².